The summed E-state index contributed by atoms with van der Waals surface area (Å²) in [4.78, 5) is 29.5. The van der Waals surface area contributed by atoms with E-state index in [9.17, 15) is 18.0 Å². The number of carbonyl (C=O) groups is 2. The molecule has 1 N–H and O–H groups in total. The van der Waals surface area contributed by atoms with E-state index in [1.54, 1.807) is 36.4 Å². The average molecular weight is 469 g/mol. The molecule has 2 aliphatic heterocycles. The molecule has 2 aromatic rings. The van der Waals surface area contributed by atoms with Crippen molar-refractivity contribution in [2.24, 2.45) is 9.39 Å². The zero-order valence-corrected chi connectivity index (χ0v) is 18.5. The van der Waals surface area contributed by atoms with E-state index < -0.39 is 21.7 Å². The van der Waals surface area contributed by atoms with Crippen LogP contribution >= 0.6 is 11.9 Å². The van der Waals surface area contributed by atoms with Gasteiger partial charge in [-0.25, -0.2) is 18.1 Å². The van der Waals surface area contributed by atoms with Crippen molar-refractivity contribution >= 4 is 55.9 Å². The molecule has 9 nitrogen and oxygen atoms in total. The molecule has 0 aliphatic carbocycles. The van der Waals surface area contributed by atoms with Gasteiger partial charge >= 0.3 is 5.97 Å². The molecular formula is C21H16N4O5S2. The Balaban J connectivity index is 1.54. The Labute approximate surface area is 188 Å². The first-order valence-electron chi connectivity index (χ1n) is 9.21. The average Bonchev–Trinajstić information content (AvgIpc) is 3.17. The second-order valence-corrected chi connectivity index (χ2v) is 9.64. The van der Waals surface area contributed by atoms with Crippen molar-refractivity contribution in [1.29, 1.82) is 5.41 Å². The van der Waals surface area contributed by atoms with Crippen LogP contribution in [0, 0.1) is 12.3 Å². The number of rotatable bonds is 3. The highest BCUT2D eigenvalue weighted by molar-refractivity contribution is 8.16. The van der Waals surface area contributed by atoms with Crippen LogP contribution in [0.25, 0.3) is 6.08 Å². The van der Waals surface area contributed by atoms with Gasteiger partial charge in [-0.15, -0.1) is 0 Å². The zero-order valence-electron chi connectivity index (χ0n) is 16.9. The quantitative estimate of drug-likeness (QED) is 0.317. The van der Waals surface area contributed by atoms with Crippen molar-refractivity contribution in [3.63, 3.8) is 0 Å². The first kappa shape index (κ1) is 21.7. The molecule has 2 aromatic carbocycles. The van der Waals surface area contributed by atoms with Crippen LogP contribution in [0.1, 0.15) is 21.5 Å². The summed E-state index contributed by atoms with van der Waals surface area (Å²) in [7, 11) is -3.72. The van der Waals surface area contributed by atoms with E-state index in [-0.39, 0.29) is 21.7 Å². The molecule has 1 amide bonds. The van der Waals surface area contributed by atoms with Crippen LogP contribution in [0.15, 0.2) is 63.5 Å². The Hall–Kier alpha value is -3.57. The molecule has 162 valence electrons. The molecular weight excluding hydrogens is 452 g/mol. The standard InChI is InChI=1S/C21H16N4O5S2/c1-12-3-7-14(8-4-12)19(27)30-15-9-5-13(6-10-15)11-16-17(22)25-20(23-18(16)26)31-24-21(25)32(2,28)29/h3-11,22H,1-2H3/b16-11-,22-17?. The van der Waals surface area contributed by atoms with E-state index in [1.807, 2.05) is 19.1 Å². The molecule has 0 saturated heterocycles. The summed E-state index contributed by atoms with van der Waals surface area (Å²) in [5.74, 6) is -1.19. The van der Waals surface area contributed by atoms with Crippen LogP contribution in [0.3, 0.4) is 0 Å². The fourth-order valence-corrected chi connectivity index (χ4v) is 4.74. The normalized spacial score (nSPS) is 17.2. The number of esters is 1. The third-order valence-corrected chi connectivity index (χ3v) is 6.27. The minimum absolute atomic E-state index is 0.0240. The topological polar surface area (TPSA) is 129 Å². The number of carbonyl (C=O) groups excluding carboxylic acids is 2. The maximum atomic E-state index is 12.4. The minimum Gasteiger partial charge on any atom is -0.423 e. The van der Waals surface area contributed by atoms with Crippen molar-refractivity contribution in [3.05, 3.63) is 70.8 Å². The lowest BCUT2D eigenvalue weighted by Gasteiger charge is -2.23. The van der Waals surface area contributed by atoms with Crippen molar-refractivity contribution in [1.82, 2.24) is 4.90 Å². The SMILES string of the molecule is Cc1ccc(C(=O)Oc2ccc(/C=C3/C(=N)N4C(=NC3=O)SN=C4S(C)(=O)=O)cc2)cc1. The van der Waals surface area contributed by atoms with Gasteiger partial charge in [0.15, 0.2) is 0 Å². The molecule has 0 fully saturated rings. The first-order chi connectivity index (χ1) is 15.1. The maximum absolute atomic E-state index is 12.4. The third kappa shape index (κ3) is 4.25. The first-order valence-corrected chi connectivity index (χ1v) is 11.9. The number of ether oxygens (including phenoxy) is 1. The van der Waals surface area contributed by atoms with Gasteiger partial charge in [-0.2, -0.15) is 9.39 Å². The van der Waals surface area contributed by atoms with Crippen molar-refractivity contribution < 1.29 is 22.7 Å². The van der Waals surface area contributed by atoms with Crippen LogP contribution in [-0.2, 0) is 14.6 Å². The molecule has 0 atom stereocenters. The number of sulfone groups is 1. The summed E-state index contributed by atoms with van der Waals surface area (Å²) in [6, 6.07) is 13.3. The lowest BCUT2D eigenvalue weighted by molar-refractivity contribution is -0.114. The summed E-state index contributed by atoms with van der Waals surface area (Å²) in [6.07, 6.45) is 2.39. The second kappa shape index (κ2) is 8.17. The molecule has 32 heavy (non-hydrogen) atoms. The van der Waals surface area contributed by atoms with Gasteiger partial charge in [-0.05, 0) is 42.8 Å². The van der Waals surface area contributed by atoms with E-state index >= 15 is 0 Å². The van der Waals surface area contributed by atoms with E-state index in [1.165, 1.54) is 6.08 Å². The van der Waals surface area contributed by atoms with Crippen molar-refractivity contribution in [2.75, 3.05) is 6.26 Å². The lowest BCUT2D eigenvalue weighted by Crippen LogP contribution is -2.45. The molecule has 11 heteroatoms. The highest BCUT2D eigenvalue weighted by Gasteiger charge is 2.41. The molecule has 0 bridgehead atoms. The Bertz CT molecular complexity index is 1340. The number of nitrogens with one attached hydrogen (secondary N) is 1. The molecule has 4 rings (SSSR count). The summed E-state index contributed by atoms with van der Waals surface area (Å²) in [6.45, 7) is 1.92. The van der Waals surface area contributed by atoms with E-state index in [2.05, 4.69) is 9.39 Å². The maximum Gasteiger partial charge on any atom is 0.343 e. The summed E-state index contributed by atoms with van der Waals surface area (Å²) in [5.41, 5.74) is 1.90. The predicted octanol–water partition coefficient (Wildman–Crippen LogP) is 2.84. The predicted molar refractivity (Wildman–Crippen MR) is 122 cm³/mol. The third-order valence-electron chi connectivity index (χ3n) is 4.51. The summed E-state index contributed by atoms with van der Waals surface area (Å²) < 4.78 is 33.1. The van der Waals surface area contributed by atoms with Gasteiger partial charge in [0.2, 0.25) is 20.2 Å². The molecule has 0 radical (unpaired) electrons. The van der Waals surface area contributed by atoms with Crippen LogP contribution in [0.4, 0.5) is 0 Å². The Morgan fingerprint density at radius 1 is 1.12 bits per heavy atom. The Morgan fingerprint density at radius 2 is 1.78 bits per heavy atom. The van der Waals surface area contributed by atoms with Crippen LogP contribution in [0.5, 0.6) is 5.75 Å². The second-order valence-electron chi connectivity index (χ2n) is 7.00. The van der Waals surface area contributed by atoms with Crippen LogP contribution in [0.2, 0.25) is 0 Å². The fraction of sp³-hybridized carbons (Fsp3) is 0.0952. The fourth-order valence-electron chi connectivity index (χ4n) is 2.89. The van der Waals surface area contributed by atoms with Crippen molar-refractivity contribution in [3.8, 4) is 5.75 Å². The molecule has 0 spiro atoms. The van der Waals surface area contributed by atoms with Gasteiger partial charge in [0, 0.05) is 6.26 Å². The molecule has 0 saturated carbocycles. The molecule has 0 aromatic heterocycles. The highest BCUT2D eigenvalue weighted by atomic mass is 32.2. The number of amidine groups is 3. The van der Waals surface area contributed by atoms with Crippen molar-refractivity contribution in [2.45, 2.75) is 6.92 Å². The van der Waals surface area contributed by atoms with E-state index in [4.69, 9.17) is 10.1 Å². The van der Waals surface area contributed by atoms with Crippen LogP contribution < -0.4 is 4.74 Å². The number of fused-ring (bicyclic) bond motifs is 1. The smallest absolute Gasteiger partial charge is 0.343 e. The van der Waals surface area contributed by atoms with Gasteiger partial charge in [0.05, 0.1) is 23.1 Å². The number of nitrogens with zero attached hydrogens (tertiary/aromatic N) is 3. The summed E-state index contributed by atoms with van der Waals surface area (Å²) >= 11 is 0.731. The lowest BCUT2D eigenvalue weighted by atomic mass is 10.1. The van der Waals surface area contributed by atoms with Crippen LogP contribution in [-0.4, -0.2) is 47.6 Å². The minimum atomic E-state index is -3.72. The number of hydrogen-bond donors (Lipinski definition) is 1. The highest BCUT2D eigenvalue weighted by Crippen LogP contribution is 2.29. The van der Waals surface area contributed by atoms with Gasteiger partial charge in [0.1, 0.15) is 11.6 Å². The van der Waals surface area contributed by atoms with E-state index in [0.29, 0.717) is 16.9 Å². The zero-order chi connectivity index (χ0) is 23.0. The Morgan fingerprint density at radius 3 is 2.41 bits per heavy atom. The monoisotopic (exact) mass is 468 g/mol. The van der Waals surface area contributed by atoms with E-state index in [0.717, 1.165) is 28.7 Å². The van der Waals surface area contributed by atoms with Gasteiger partial charge in [-0.1, -0.05) is 29.8 Å². The Kier molecular flexibility index (Phi) is 5.53. The molecule has 2 aliphatic rings. The van der Waals surface area contributed by atoms with Gasteiger partial charge < -0.3 is 4.74 Å². The number of benzene rings is 2. The number of hydrogen-bond acceptors (Lipinski definition) is 8. The molecule has 0 unspecified atom stereocenters. The number of aliphatic imine (C=N–C) groups is 1. The molecule has 2 heterocycles. The largest absolute Gasteiger partial charge is 0.423 e. The number of aryl methyl sites for hydroxylation is 1. The van der Waals surface area contributed by atoms with Gasteiger partial charge in [0.25, 0.3) is 5.91 Å². The van der Waals surface area contributed by atoms with Gasteiger partial charge in [-0.3, -0.25) is 10.2 Å². The summed E-state index contributed by atoms with van der Waals surface area (Å²) in [5, 5.41) is 8.02. The number of amides is 1.